The number of carbonyl (C=O) groups excluding carboxylic acids is 2. The van der Waals surface area contributed by atoms with Crippen LogP contribution in [0.5, 0.6) is 11.6 Å². The van der Waals surface area contributed by atoms with Crippen LogP contribution < -0.4 is 14.8 Å². The number of likely N-dealkylation sites (tertiary alicyclic amines) is 1. The van der Waals surface area contributed by atoms with E-state index in [1.54, 1.807) is 21.1 Å². The Morgan fingerprint density at radius 3 is 2.24 bits per heavy atom. The highest BCUT2D eigenvalue weighted by atomic mass is 35.5. The number of halogens is 2. The maximum Gasteiger partial charge on any atom is 0.220 e. The minimum Gasteiger partial charge on any atom is -0.496 e. The third kappa shape index (κ3) is 10.2. The van der Waals surface area contributed by atoms with Crippen molar-refractivity contribution in [3.05, 3.63) is 87.4 Å². The second-order valence-corrected chi connectivity index (χ2v) is 17.9. The molecule has 314 valence electrons. The number of aromatic nitrogens is 1. The van der Waals surface area contributed by atoms with Crippen LogP contribution in [0.1, 0.15) is 70.1 Å². The fourth-order valence-electron chi connectivity index (χ4n) is 8.61. The van der Waals surface area contributed by atoms with Gasteiger partial charge < -0.3 is 24.4 Å². The second-order valence-electron chi connectivity index (χ2n) is 17.2. The van der Waals surface area contributed by atoms with Gasteiger partial charge in [0, 0.05) is 98.6 Å². The fourth-order valence-corrected chi connectivity index (χ4v) is 9.27. The molecule has 10 nitrogen and oxygen atoms in total. The maximum absolute atomic E-state index is 11.9. The zero-order chi connectivity index (χ0) is 41.8. The summed E-state index contributed by atoms with van der Waals surface area (Å²) >= 11 is 14.6. The number of benzene rings is 3. The molecule has 2 fully saturated rings. The highest BCUT2D eigenvalue weighted by molar-refractivity contribution is 6.39. The molecule has 3 aromatic carbocycles. The van der Waals surface area contributed by atoms with Crippen LogP contribution in [-0.2, 0) is 33.8 Å². The first kappa shape index (κ1) is 42.9. The van der Waals surface area contributed by atoms with Crippen LogP contribution in [0.4, 0.5) is 0 Å². The number of carbonyl (C=O) groups is 2. The fraction of sp³-hybridized carbons (Fsp3) is 0.468. The molecular formula is C47H57Cl2N5O5. The first-order chi connectivity index (χ1) is 28.3. The molecule has 1 atom stereocenters. The van der Waals surface area contributed by atoms with Crippen molar-refractivity contribution < 1.29 is 23.8 Å². The van der Waals surface area contributed by atoms with E-state index in [9.17, 15) is 9.59 Å². The van der Waals surface area contributed by atoms with Crippen LogP contribution >= 0.6 is 23.2 Å². The smallest absolute Gasteiger partial charge is 0.220 e. The van der Waals surface area contributed by atoms with Gasteiger partial charge in [0.25, 0.3) is 0 Å². The third-order valence-corrected chi connectivity index (χ3v) is 12.6. The number of nitrogens with zero attached hydrogens (tertiary/aromatic N) is 4. The van der Waals surface area contributed by atoms with Crippen molar-refractivity contribution >= 4 is 35.0 Å². The number of nitrogens with one attached hydrogen (secondary N) is 1. The van der Waals surface area contributed by atoms with Gasteiger partial charge >= 0.3 is 0 Å². The van der Waals surface area contributed by atoms with E-state index in [1.165, 1.54) is 11.1 Å². The molecule has 2 saturated heterocycles. The van der Waals surface area contributed by atoms with E-state index >= 15 is 0 Å². The Morgan fingerprint density at radius 1 is 0.898 bits per heavy atom. The molecule has 7 rings (SSSR count). The Kier molecular flexibility index (Phi) is 13.5. The number of amides is 2. The topological polar surface area (TPSA) is 96.5 Å². The molecule has 12 heteroatoms. The van der Waals surface area contributed by atoms with E-state index in [0.29, 0.717) is 53.8 Å². The number of piperidine rings is 1. The van der Waals surface area contributed by atoms with Gasteiger partial charge in [0.15, 0.2) is 0 Å². The number of fused-ring (bicyclic) bond motifs is 1. The van der Waals surface area contributed by atoms with Gasteiger partial charge in [0.05, 0.1) is 35.6 Å². The number of hydrogen-bond donors (Lipinski definition) is 1. The van der Waals surface area contributed by atoms with Gasteiger partial charge in [-0.3, -0.25) is 19.4 Å². The molecule has 3 aliphatic heterocycles. The van der Waals surface area contributed by atoms with E-state index in [1.807, 2.05) is 68.1 Å². The lowest BCUT2D eigenvalue weighted by atomic mass is 9.90. The van der Waals surface area contributed by atoms with Gasteiger partial charge in [0.1, 0.15) is 12.5 Å². The molecule has 1 N–H and O–H groups in total. The second kappa shape index (κ2) is 18.6. The maximum atomic E-state index is 11.9. The summed E-state index contributed by atoms with van der Waals surface area (Å²) in [6.45, 7) is 13.9. The molecule has 2 amide bonds. The van der Waals surface area contributed by atoms with Crippen LogP contribution in [0.2, 0.25) is 10.0 Å². The quantitative estimate of drug-likeness (QED) is 0.134. The van der Waals surface area contributed by atoms with Gasteiger partial charge in [-0.05, 0) is 75.6 Å². The van der Waals surface area contributed by atoms with Gasteiger partial charge in [-0.15, -0.1) is 0 Å². The lowest BCUT2D eigenvalue weighted by Crippen LogP contribution is -2.41. The monoisotopic (exact) mass is 841 g/mol. The molecule has 0 saturated carbocycles. The van der Waals surface area contributed by atoms with Crippen molar-refractivity contribution in [3.63, 3.8) is 0 Å². The summed E-state index contributed by atoms with van der Waals surface area (Å²) in [6.07, 6.45) is 4.37. The average molecular weight is 843 g/mol. The molecule has 0 spiro atoms. The number of pyridine rings is 1. The van der Waals surface area contributed by atoms with Gasteiger partial charge in [-0.1, -0.05) is 71.7 Å². The summed E-state index contributed by atoms with van der Waals surface area (Å²) in [5.74, 6) is 2.22. The third-order valence-electron chi connectivity index (χ3n) is 11.8. The Morgan fingerprint density at radius 2 is 1.59 bits per heavy atom. The predicted molar refractivity (Wildman–Crippen MR) is 235 cm³/mol. The molecule has 0 bridgehead atoms. The van der Waals surface area contributed by atoms with Crippen molar-refractivity contribution in [2.24, 2.45) is 5.92 Å². The van der Waals surface area contributed by atoms with Crippen LogP contribution in [0.3, 0.4) is 0 Å². The zero-order valence-corrected chi connectivity index (χ0v) is 36.7. The first-order valence-corrected chi connectivity index (χ1v) is 21.5. The standard InChI is InChI=1S/C47H57Cl2N5O5/c1-30(55)54-21-17-31(18-22-54)25-52-20-19-32-23-34(24-42(57-5)40(32)28-52)36-9-7-10-37(44(36)48)38-11-8-12-39(45(38)49)41-15-13-33(46(51-41)58-6)26-53(29-59-47(2,3)4)27-35-14-16-43(56)50-35/h7-13,15,23-24,31,35H,14,16-22,25-29H2,1-6H3,(H,50,56)/t35-/m0/s1. The lowest BCUT2D eigenvalue weighted by molar-refractivity contribution is -0.130. The molecule has 4 heterocycles. The lowest BCUT2D eigenvalue weighted by Gasteiger charge is -2.36. The Bertz CT molecular complexity index is 2150. The van der Waals surface area contributed by atoms with Crippen molar-refractivity contribution in [1.82, 2.24) is 25.0 Å². The minimum absolute atomic E-state index is 0.0660. The van der Waals surface area contributed by atoms with Gasteiger partial charge in [0.2, 0.25) is 17.7 Å². The number of hydrogen-bond acceptors (Lipinski definition) is 8. The molecule has 1 aromatic heterocycles. The van der Waals surface area contributed by atoms with Crippen LogP contribution in [0.15, 0.2) is 60.7 Å². The summed E-state index contributed by atoms with van der Waals surface area (Å²) < 4.78 is 18.0. The summed E-state index contributed by atoms with van der Waals surface area (Å²) in [6, 6.07) is 20.4. The number of ether oxygens (including phenoxy) is 3. The van der Waals surface area contributed by atoms with Gasteiger partial charge in [-0.2, -0.15) is 0 Å². The van der Waals surface area contributed by atoms with E-state index < -0.39 is 0 Å². The predicted octanol–water partition coefficient (Wildman–Crippen LogP) is 8.88. The normalized spacial score (nSPS) is 17.6. The highest BCUT2D eigenvalue weighted by Crippen LogP contribution is 2.44. The summed E-state index contributed by atoms with van der Waals surface area (Å²) in [4.78, 5) is 35.4. The van der Waals surface area contributed by atoms with E-state index in [4.69, 9.17) is 42.4 Å². The number of methoxy groups -OCH3 is 2. The summed E-state index contributed by atoms with van der Waals surface area (Å²) in [5.41, 5.74) is 8.09. The zero-order valence-electron chi connectivity index (χ0n) is 35.2. The first-order valence-electron chi connectivity index (χ1n) is 20.8. The van der Waals surface area contributed by atoms with E-state index in [-0.39, 0.29) is 23.5 Å². The SMILES string of the molecule is COc1cc(-c2cccc(-c3cccc(-c4ccc(CN(COC(C)(C)C)C[C@@H]5CCC(=O)N5)c(OC)n4)c3Cl)c2Cl)cc2c1CN(CC1CCN(C(C)=O)CC1)CC2. The summed E-state index contributed by atoms with van der Waals surface area (Å²) in [7, 11) is 3.36. The molecule has 3 aliphatic rings. The molecule has 59 heavy (non-hydrogen) atoms. The van der Waals surface area contributed by atoms with Crippen molar-refractivity contribution in [1.29, 1.82) is 0 Å². The van der Waals surface area contributed by atoms with E-state index in [2.05, 4.69) is 33.3 Å². The Hall–Kier alpha value is -4.19. The van der Waals surface area contributed by atoms with Crippen LogP contribution in [0, 0.1) is 5.92 Å². The number of rotatable bonds is 13. The summed E-state index contributed by atoms with van der Waals surface area (Å²) in [5, 5.41) is 4.23. The highest BCUT2D eigenvalue weighted by Gasteiger charge is 2.28. The molecule has 0 aliphatic carbocycles. The Labute approximate surface area is 359 Å². The largest absolute Gasteiger partial charge is 0.496 e. The van der Waals surface area contributed by atoms with Crippen molar-refractivity contribution in [3.8, 4) is 45.1 Å². The van der Waals surface area contributed by atoms with Gasteiger partial charge in [-0.25, -0.2) is 4.98 Å². The average Bonchev–Trinajstić information content (AvgIpc) is 3.63. The van der Waals surface area contributed by atoms with Crippen molar-refractivity contribution in [2.45, 2.75) is 84.5 Å². The Balaban J connectivity index is 1.11. The van der Waals surface area contributed by atoms with E-state index in [0.717, 1.165) is 97.5 Å². The molecule has 0 radical (unpaired) electrons. The molecule has 0 unspecified atom stereocenters. The van der Waals surface area contributed by atoms with Crippen molar-refractivity contribution in [2.75, 3.05) is 53.7 Å². The molecule has 4 aromatic rings. The van der Waals surface area contributed by atoms with Crippen LogP contribution in [-0.4, -0.2) is 96.8 Å². The molecular weight excluding hydrogens is 785 g/mol. The van der Waals surface area contributed by atoms with Crippen LogP contribution in [0.25, 0.3) is 33.5 Å². The minimum atomic E-state index is -0.318.